The Morgan fingerprint density at radius 3 is 2.52 bits per heavy atom. The molecule has 2 aromatic carbocycles. The molecule has 3 aliphatic rings. The van der Waals surface area contributed by atoms with Crippen molar-refractivity contribution in [2.45, 2.75) is 18.0 Å². The number of hydrogen-bond acceptors (Lipinski definition) is 6. The number of fused-ring (bicyclic) bond motifs is 4. The van der Waals surface area contributed by atoms with Gasteiger partial charge in [-0.1, -0.05) is 18.2 Å². The van der Waals surface area contributed by atoms with E-state index in [4.69, 9.17) is 4.74 Å². The zero-order chi connectivity index (χ0) is 21.8. The van der Waals surface area contributed by atoms with Gasteiger partial charge in [-0.3, -0.25) is 19.7 Å². The minimum Gasteiger partial charge on any atom is -0.497 e. The predicted octanol–water partition coefficient (Wildman–Crippen LogP) is 2.37. The Morgan fingerprint density at radius 2 is 1.81 bits per heavy atom. The summed E-state index contributed by atoms with van der Waals surface area (Å²) in [6, 6.07) is 14.0. The van der Waals surface area contributed by atoms with Crippen molar-refractivity contribution in [3.63, 3.8) is 0 Å². The minimum atomic E-state index is -1.24. The first-order valence-electron chi connectivity index (χ1n) is 10.2. The number of methoxy groups -OCH3 is 1. The second-order valence-electron chi connectivity index (χ2n) is 8.05. The quantitative estimate of drug-likeness (QED) is 0.699. The number of para-hydroxylation sites is 1. The van der Waals surface area contributed by atoms with Crippen LogP contribution in [0, 0.1) is 11.8 Å². The van der Waals surface area contributed by atoms with Crippen LogP contribution in [0.4, 0.5) is 11.4 Å². The summed E-state index contributed by atoms with van der Waals surface area (Å²) >= 11 is 1.68. The molecule has 3 heterocycles. The van der Waals surface area contributed by atoms with Gasteiger partial charge in [0.2, 0.25) is 17.7 Å². The van der Waals surface area contributed by atoms with E-state index in [1.165, 1.54) is 4.90 Å². The molecule has 0 bridgehead atoms. The average Bonchev–Trinajstić information content (AvgIpc) is 3.37. The van der Waals surface area contributed by atoms with Crippen molar-refractivity contribution in [3.05, 3.63) is 54.1 Å². The topological polar surface area (TPSA) is 87.7 Å². The van der Waals surface area contributed by atoms with E-state index in [9.17, 15) is 14.4 Å². The highest BCUT2D eigenvalue weighted by Gasteiger charge is 2.70. The first-order chi connectivity index (χ1) is 15.0. The molecule has 0 unspecified atom stereocenters. The summed E-state index contributed by atoms with van der Waals surface area (Å²) in [6.07, 6.45) is 2.69. The number of nitrogens with zero attached hydrogens (tertiary/aromatic N) is 1. The number of carbonyl (C=O) groups excluding carboxylic acids is 3. The molecule has 2 N–H and O–H groups in total. The zero-order valence-electron chi connectivity index (χ0n) is 17.3. The fourth-order valence-electron chi connectivity index (χ4n) is 5.24. The molecule has 160 valence electrons. The number of carbonyl (C=O) groups is 3. The molecular weight excluding hydrogens is 414 g/mol. The van der Waals surface area contributed by atoms with Crippen LogP contribution in [0.5, 0.6) is 5.75 Å². The molecule has 0 aromatic heterocycles. The van der Waals surface area contributed by atoms with Crippen LogP contribution in [0.15, 0.2) is 48.5 Å². The van der Waals surface area contributed by atoms with E-state index < -0.39 is 17.4 Å². The smallest absolute Gasteiger partial charge is 0.250 e. The van der Waals surface area contributed by atoms with E-state index in [0.717, 1.165) is 11.3 Å². The molecule has 5 rings (SSSR count). The number of rotatable bonds is 5. The van der Waals surface area contributed by atoms with Crippen LogP contribution in [0.25, 0.3) is 0 Å². The Hall–Kier alpha value is -2.84. The van der Waals surface area contributed by atoms with Crippen molar-refractivity contribution in [1.82, 2.24) is 5.32 Å². The lowest BCUT2D eigenvalue weighted by molar-refractivity contribution is -0.130. The fourth-order valence-corrected chi connectivity index (χ4v) is 5.73. The van der Waals surface area contributed by atoms with E-state index >= 15 is 0 Å². The zero-order valence-corrected chi connectivity index (χ0v) is 18.1. The number of ether oxygens (including phenoxy) is 1. The number of nitrogens with one attached hydrogen (secondary N) is 2. The number of benzene rings is 2. The molecule has 0 saturated carbocycles. The number of anilines is 2. The molecule has 0 radical (unpaired) electrons. The lowest BCUT2D eigenvalue weighted by Crippen LogP contribution is -2.53. The summed E-state index contributed by atoms with van der Waals surface area (Å²) in [7, 11) is 1.56. The highest BCUT2D eigenvalue weighted by atomic mass is 32.2. The van der Waals surface area contributed by atoms with E-state index in [0.29, 0.717) is 23.5 Å². The molecule has 8 heteroatoms. The van der Waals surface area contributed by atoms with Gasteiger partial charge < -0.3 is 10.1 Å². The Kier molecular flexibility index (Phi) is 4.79. The maximum Gasteiger partial charge on any atom is 0.250 e. The third-order valence-corrected chi connectivity index (χ3v) is 7.23. The maximum absolute atomic E-state index is 13.7. The lowest BCUT2D eigenvalue weighted by atomic mass is 9.76. The average molecular weight is 438 g/mol. The maximum atomic E-state index is 13.7. The molecule has 1 spiro atoms. The standard InChI is InChI=1S/C23H23N3O4S/c1-30-14-9-7-13(8-10-14)26-20(27)18-17(11-12-31-2)25-23(19(18)21(26)28)15-5-3-4-6-16(15)24-22(23)29/h3-10,17-19,25H,11-12H2,1-2H3,(H,24,29)/t17-,18+,19-,23-/m0/s1. The summed E-state index contributed by atoms with van der Waals surface area (Å²) in [5.74, 6) is -0.795. The summed E-state index contributed by atoms with van der Waals surface area (Å²) in [6.45, 7) is 0. The summed E-state index contributed by atoms with van der Waals surface area (Å²) in [4.78, 5) is 41.9. The van der Waals surface area contributed by atoms with Crippen LogP contribution in [-0.2, 0) is 19.9 Å². The molecule has 2 saturated heterocycles. The second-order valence-corrected chi connectivity index (χ2v) is 9.04. The molecular formula is C23H23N3O4S. The highest BCUT2D eigenvalue weighted by Crippen LogP contribution is 2.53. The third-order valence-electron chi connectivity index (χ3n) is 6.59. The summed E-state index contributed by atoms with van der Waals surface area (Å²) in [5.41, 5.74) is 0.681. The fraction of sp³-hybridized carbons (Fsp3) is 0.348. The Labute approximate surface area is 184 Å². The number of imide groups is 1. The summed E-state index contributed by atoms with van der Waals surface area (Å²) in [5, 5.41) is 6.37. The van der Waals surface area contributed by atoms with Gasteiger partial charge in [-0.05, 0) is 48.8 Å². The second kappa shape index (κ2) is 7.39. The van der Waals surface area contributed by atoms with Gasteiger partial charge in [0.1, 0.15) is 11.3 Å². The normalized spacial score (nSPS) is 28.8. The van der Waals surface area contributed by atoms with Gasteiger partial charge in [0.15, 0.2) is 0 Å². The molecule has 3 aliphatic heterocycles. The van der Waals surface area contributed by atoms with Crippen LogP contribution in [0.2, 0.25) is 0 Å². The van der Waals surface area contributed by atoms with Crippen LogP contribution >= 0.6 is 11.8 Å². The van der Waals surface area contributed by atoms with Gasteiger partial charge in [-0.15, -0.1) is 0 Å². The molecule has 4 atom stereocenters. The van der Waals surface area contributed by atoms with Gasteiger partial charge in [0.25, 0.3) is 0 Å². The van der Waals surface area contributed by atoms with Crippen LogP contribution in [0.3, 0.4) is 0 Å². The molecule has 7 nitrogen and oxygen atoms in total. The first-order valence-corrected chi connectivity index (χ1v) is 11.6. The molecule has 31 heavy (non-hydrogen) atoms. The van der Waals surface area contributed by atoms with Gasteiger partial charge in [0.05, 0.1) is 24.6 Å². The Balaban J connectivity index is 1.62. The summed E-state index contributed by atoms with van der Waals surface area (Å²) < 4.78 is 5.20. The van der Waals surface area contributed by atoms with Crippen molar-refractivity contribution < 1.29 is 19.1 Å². The highest BCUT2D eigenvalue weighted by molar-refractivity contribution is 7.98. The van der Waals surface area contributed by atoms with Crippen molar-refractivity contribution in [2.24, 2.45) is 11.8 Å². The number of thioether (sulfide) groups is 1. The van der Waals surface area contributed by atoms with Crippen molar-refractivity contribution in [1.29, 1.82) is 0 Å². The number of amides is 3. The van der Waals surface area contributed by atoms with Crippen LogP contribution < -0.4 is 20.3 Å². The largest absolute Gasteiger partial charge is 0.497 e. The van der Waals surface area contributed by atoms with E-state index in [1.807, 2.05) is 30.5 Å². The van der Waals surface area contributed by atoms with E-state index in [1.54, 1.807) is 43.1 Å². The number of hydrogen-bond donors (Lipinski definition) is 2. The van der Waals surface area contributed by atoms with Crippen molar-refractivity contribution in [2.75, 3.05) is 29.3 Å². The Morgan fingerprint density at radius 1 is 1.06 bits per heavy atom. The van der Waals surface area contributed by atoms with Crippen LogP contribution in [-0.4, -0.2) is 42.9 Å². The van der Waals surface area contributed by atoms with Gasteiger partial charge in [0, 0.05) is 17.3 Å². The lowest BCUT2D eigenvalue weighted by Gasteiger charge is -2.29. The Bertz CT molecular complexity index is 1070. The molecule has 2 fully saturated rings. The van der Waals surface area contributed by atoms with Crippen LogP contribution in [0.1, 0.15) is 12.0 Å². The van der Waals surface area contributed by atoms with E-state index in [-0.39, 0.29) is 23.8 Å². The van der Waals surface area contributed by atoms with Gasteiger partial charge in [-0.25, -0.2) is 4.90 Å². The van der Waals surface area contributed by atoms with Gasteiger partial charge in [-0.2, -0.15) is 11.8 Å². The molecule has 3 amide bonds. The predicted molar refractivity (Wildman–Crippen MR) is 119 cm³/mol. The van der Waals surface area contributed by atoms with Crippen molar-refractivity contribution in [3.8, 4) is 5.75 Å². The first kappa shape index (κ1) is 20.1. The molecule has 2 aromatic rings. The van der Waals surface area contributed by atoms with Gasteiger partial charge >= 0.3 is 0 Å². The minimum absolute atomic E-state index is 0.257. The van der Waals surface area contributed by atoms with E-state index in [2.05, 4.69) is 10.6 Å². The monoisotopic (exact) mass is 437 g/mol. The molecule has 0 aliphatic carbocycles. The SMILES string of the molecule is COc1ccc(N2C(=O)[C@@H]3[C@H](CCSC)N[C@]4(C(=O)Nc5ccccc54)[C@@H]3C2=O)cc1. The van der Waals surface area contributed by atoms with Crippen molar-refractivity contribution >= 4 is 40.9 Å². The third kappa shape index (κ3) is 2.74.